The lowest BCUT2D eigenvalue weighted by molar-refractivity contribution is 0.0761. The monoisotopic (exact) mass is 239 g/mol. The Morgan fingerprint density at radius 2 is 2.19 bits per heavy atom. The topological polar surface area (TPSA) is 51.3 Å². The van der Waals surface area contributed by atoms with Crippen LogP contribution in [0.4, 0.5) is 5.69 Å². The van der Waals surface area contributed by atoms with E-state index in [-0.39, 0.29) is 5.91 Å². The molecule has 0 unspecified atom stereocenters. The van der Waals surface area contributed by atoms with Gasteiger partial charge in [0.1, 0.15) is 5.69 Å². The van der Waals surface area contributed by atoms with Crippen molar-refractivity contribution in [3.8, 4) is 0 Å². The maximum absolute atomic E-state index is 12.2. The van der Waals surface area contributed by atoms with Gasteiger partial charge in [-0.05, 0) is 13.0 Å². The smallest absolute Gasteiger partial charge is 0.270 e. The van der Waals surface area contributed by atoms with Crippen molar-refractivity contribution in [1.82, 2.24) is 9.47 Å². The normalized spacial score (nSPS) is 16.4. The van der Waals surface area contributed by atoms with Gasteiger partial charge in [-0.25, -0.2) is 0 Å². The van der Waals surface area contributed by atoms with Crippen LogP contribution in [-0.4, -0.2) is 40.0 Å². The van der Waals surface area contributed by atoms with E-state index in [1.54, 1.807) is 6.07 Å². The van der Waals surface area contributed by atoms with Crippen LogP contribution >= 0.6 is 11.8 Å². The molecule has 0 saturated carbocycles. The maximum atomic E-state index is 12.2. The molecule has 1 aliphatic heterocycles. The van der Waals surface area contributed by atoms with Gasteiger partial charge in [-0.1, -0.05) is 0 Å². The highest BCUT2D eigenvalue weighted by molar-refractivity contribution is 7.99. The first-order chi connectivity index (χ1) is 7.72. The fourth-order valence-corrected chi connectivity index (χ4v) is 2.81. The summed E-state index contributed by atoms with van der Waals surface area (Å²) in [4.78, 5) is 14.1. The van der Waals surface area contributed by atoms with Crippen molar-refractivity contribution in [2.75, 3.05) is 30.3 Å². The number of amides is 1. The van der Waals surface area contributed by atoms with Crippen LogP contribution in [0.3, 0.4) is 0 Å². The Morgan fingerprint density at radius 1 is 1.50 bits per heavy atom. The van der Waals surface area contributed by atoms with E-state index in [0.29, 0.717) is 11.4 Å². The Kier molecular flexibility index (Phi) is 3.43. The number of nitrogens with two attached hydrogens (primary N) is 1. The summed E-state index contributed by atoms with van der Waals surface area (Å²) in [6.07, 6.45) is 1.83. The lowest BCUT2D eigenvalue weighted by Crippen LogP contribution is -2.38. The molecule has 2 N–H and O–H groups in total. The molecular formula is C11H17N3OS. The molecule has 1 aromatic rings. The Balaban J connectivity index is 2.18. The number of carbonyl (C=O) groups excluding carboxylic acids is 1. The van der Waals surface area contributed by atoms with Crippen molar-refractivity contribution >= 4 is 23.4 Å². The molecule has 2 rings (SSSR count). The van der Waals surface area contributed by atoms with Gasteiger partial charge in [0, 0.05) is 37.3 Å². The second-order valence-electron chi connectivity index (χ2n) is 3.85. The second kappa shape index (κ2) is 4.82. The third-order valence-electron chi connectivity index (χ3n) is 2.78. The molecule has 1 amide bonds. The third-order valence-corrected chi connectivity index (χ3v) is 3.72. The van der Waals surface area contributed by atoms with Gasteiger partial charge in [0.15, 0.2) is 0 Å². The summed E-state index contributed by atoms with van der Waals surface area (Å²) in [5, 5.41) is 0. The zero-order valence-corrected chi connectivity index (χ0v) is 10.3. The van der Waals surface area contributed by atoms with Crippen LogP contribution < -0.4 is 5.73 Å². The molecule has 0 spiro atoms. The predicted molar refractivity (Wildman–Crippen MR) is 67.7 cm³/mol. The summed E-state index contributed by atoms with van der Waals surface area (Å²) in [5.41, 5.74) is 7.10. The molecule has 1 fully saturated rings. The molecule has 0 aromatic carbocycles. The van der Waals surface area contributed by atoms with Gasteiger partial charge in [-0.3, -0.25) is 4.79 Å². The number of rotatable bonds is 2. The molecule has 1 aliphatic rings. The summed E-state index contributed by atoms with van der Waals surface area (Å²) >= 11 is 1.90. The number of nitrogen functional groups attached to an aromatic ring is 1. The quantitative estimate of drug-likeness (QED) is 0.846. The van der Waals surface area contributed by atoms with Crippen molar-refractivity contribution in [3.63, 3.8) is 0 Å². The van der Waals surface area contributed by atoms with Crippen LogP contribution in [-0.2, 0) is 6.54 Å². The van der Waals surface area contributed by atoms with Crippen LogP contribution in [0, 0.1) is 0 Å². The van der Waals surface area contributed by atoms with E-state index >= 15 is 0 Å². The Hall–Kier alpha value is -1.10. The standard InChI is InChI=1S/C11H17N3OS/c1-2-13-8-9(12)7-10(13)11(15)14-3-5-16-6-4-14/h7-8H,2-6,12H2,1H3. The van der Waals surface area contributed by atoms with Crippen molar-refractivity contribution < 1.29 is 4.79 Å². The van der Waals surface area contributed by atoms with Crippen LogP contribution in [0.5, 0.6) is 0 Å². The fourth-order valence-electron chi connectivity index (χ4n) is 1.90. The van der Waals surface area contributed by atoms with Gasteiger partial charge in [0.2, 0.25) is 0 Å². The van der Waals surface area contributed by atoms with Gasteiger partial charge in [0.05, 0.1) is 5.69 Å². The van der Waals surface area contributed by atoms with Crippen LogP contribution in [0.25, 0.3) is 0 Å². The van der Waals surface area contributed by atoms with Crippen molar-refractivity contribution in [1.29, 1.82) is 0 Å². The molecule has 0 radical (unpaired) electrons. The van der Waals surface area contributed by atoms with E-state index in [1.165, 1.54) is 0 Å². The molecule has 16 heavy (non-hydrogen) atoms. The van der Waals surface area contributed by atoms with Gasteiger partial charge in [-0.15, -0.1) is 0 Å². The van der Waals surface area contributed by atoms with Crippen molar-refractivity contribution in [3.05, 3.63) is 18.0 Å². The van der Waals surface area contributed by atoms with E-state index in [1.807, 2.05) is 34.3 Å². The lowest BCUT2D eigenvalue weighted by Gasteiger charge is -2.26. The van der Waals surface area contributed by atoms with E-state index in [2.05, 4.69) is 0 Å². The first kappa shape index (κ1) is 11.4. The SMILES string of the molecule is CCn1cc(N)cc1C(=O)N1CCSCC1. The number of nitrogens with zero attached hydrogens (tertiary/aromatic N) is 2. The summed E-state index contributed by atoms with van der Waals surface area (Å²) in [6, 6.07) is 1.77. The Morgan fingerprint density at radius 3 is 2.81 bits per heavy atom. The van der Waals surface area contributed by atoms with E-state index in [4.69, 9.17) is 5.73 Å². The zero-order chi connectivity index (χ0) is 11.5. The highest BCUT2D eigenvalue weighted by Crippen LogP contribution is 2.16. The third kappa shape index (κ3) is 2.19. The molecule has 4 nitrogen and oxygen atoms in total. The molecular weight excluding hydrogens is 222 g/mol. The number of hydrogen-bond donors (Lipinski definition) is 1. The number of carbonyl (C=O) groups is 1. The van der Waals surface area contributed by atoms with Crippen LogP contribution in [0.1, 0.15) is 17.4 Å². The average molecular weight is 239 g/mol. The first-order valence-corrected chi connectivity index (χ1v) is 6.70. The van der Waals surface area contributed by atoms with Crippen LogP contribution in [0.2, 0.25) is 0 Å². The van der Waals surface area contributed by atoms with Crippen molar-refractivity contribution in [2.45, 2.75) is 13.5 Å². The fraction of sp³-hybridized carbons (Fsp3) is 0.545. The minimum atomic E-state index is 0.110. The first-order valence-electron chi connectivity index (χ1n) is 5.55. The molecule has 0 aliphatic carbocycles. The lowest BCUT2D eigenvalue weighted by atomic mass is 10.3. The summed E-state index contributed by atoms with van der Waals surface area (Å²) in [6.45, 7) is 4.49. The predicted octanol–water partition coefficient (Wildman–Crippen LogP) is 1.28. The highest BCUT2D eigenvalue weighted by Gasteiger charge is 2.21. The summed E-state index contributed by atoms with van der Waals surface area (Å²) in [7, 11) is 0. The maximum Gasteiger partial charge on any atom is 0.270 e. The van der Waals surface area contributed by atoms with Crippen LogP contribution in [0.15, 0.2) is 12.3 Å². The Bertz CT molecular complexity index is 383. The molecule has 2 heterocycles. The van der Waals surface area contributed by atoms with E-state index < -0.39 is 0 Å². The highest BCUT2D eigenvalue weighted by atomic mass is 32.2. The van der Waals surface area contributed by atoms with Gasteiger partial charge in [0.25, 0.3) is 5.91 Å². The number of thioether (sulfide) groups is 1. The zero-order valence-electron chi connectivity index (χ0n) is 9.48. The van der Waals surface area contributed by atoms with Crippen molar-refractivity contribution in [2.24, 2.45) is 0 Å². The number of aryl methyl sites for hydroxylation is 1. The van der Waals surface area contributed by atoms with E-state index in [0.717, 1.165) is 31.1 Å². The number of anilines is 1. The Labute approximate surface area is 99.8 Å². The number of hydrogen-bond acceptors (Lipinski definition) is 3. The number of aromatic nitrogens is 1. The van der Waals surface area contributed by atoms with Gasteiger partial charge in [-0.2, -0.15) is 11.8 Å². The minimum Gasteiger partial charge on any atom is -0.397 e. The van der Waals surface area contributed by atoms with Gasteiger partial charge >= 0.3 is 0 Å². The molecule has 5 heteroatoms. The van der Waals surface area contributed by atoms with Gasteiger partial charge < -0.3 is 15.2 Å². The molecule has 0 bridgehead atoms. The molecule has 88 valence electrons. The summed E-state index contributed by atoms with van der Waals surface area (Å²) < 4.78 is 1.92. The summed E-state index contributed by atoms with van der Waals surface area (Å²) in [5.74, 6) is 2.18. The average Bonchev–Trinajstić information content (AvgIpc) is 2.70. The molecule has 0 atom stereocenters. The molecule has 1 saturated heterocycles. The second-order valence-corrected chi connectivity index (χ2v) is 5.07. The van der Waals surface area contributed by atoms with E-state index in [9.17, 15) is 4.79 Å². The largest absolute Gasteiger partial charge is 0.397 e. The molecule has 1 aromatic heterocycles. The minimum absolute atomic E-state index is 0.110.